The smallest absolute Gasteiger partial charge is 0.231 e. The Labute approximate surface area is 145 Å². The Hall–Kier alpha value is -2.84. The zero-order valence-electron chi connectivity index (χ0n) is 12.7. The SMILES string of the molecule is O=C1/C(=C/c2ccc(-c3ccc(Cl)cc3)cc2)Oc2ccccc21. The summed E-state index contributed by atoms with van der Waals surface area (Å²) in [6.07, 6.45) is 1.77. The Bertz CT molecular complexity index is 938. The molecule has 2 nitrogen and oxygen atoms in total. The van der Waals surface area contributed by atoms with E-state index in [0.717, 1.165) is 21.7 Å². The standard InChI is InChI=1S/C21H13ClO2/c22-17-11-9-16(10-12-17)15-7-5-14(6-8-15)13-20-21(23)18-3-1-2-4-19(18)24-20/h1-13H/b20-13-. The normalized spacial score (nSPS) is 14.5. The summed E-state index contributed by atoms with van der Waals surface area (Å²) in [6, 6.07) is 23.0. The summed E-state index contributed by atoms with van der Waals surface area (Å²) in [5, 5.41) is 0.719. The van der Waals surface area contributed by atoms with Crippen LogP contribution in [-0.4, -0.2) is 5.78 Å². The second-order valence-corrected chi connectivity index (χ2v) is 6.00. The lowest BCUT2D eigenvalue weighted by Gasteiger charge is -2.03. The molecule has 1 aliphatic rings. The van der Waals surface area contributed by atoms with Gasteiger partial charge in [0, 0.05) is 5.02 Å². The molecule has 1 aliphatic heterocycles. The summed E-state index contributed by atoms with van der Waals surface area (Å²) in [5.41, 5.74) is 3.72. The second kappa shape index (κ2) is 5.99. The van der Waals surface area contributed by atoms with Gasteiger partial charge in [0.25, 0.3) is 0 Å². The van der Waals surface area contributed by atoms with Gasteiger partial charge in [-0.05, 0) is 47.0 Å². The minimum atomic E-state index is -0.0765. The van der Waals surface area contributed by atoms with Gasteiger partial charge in [0.1, 0.15) is 5.75 Å². The number of halogens is 1. The van der Waals surface area contributed by atoms with Gasteiger partial charge in [-0.1, -0.05) is 60.1 Å². The van der Waals surface area contributed by atoms with Gasteiger partial charge in [-0.3, -0.25) is 4.79 Å². The molecule has 3 aromatic carbocycles. The number of carbonyl (C=O) groups excluding carboxylic acids is 1. The van der Waals surface area contributed by atoms with E-state index in [2.05, 4.69) is 0 Å². The van der Waals surface area contributed by atoms with Crippen molar-refractivity contribution in [2.45, 2.75) is 0 Å². The van der Waals surface area contributed by atoms with Gasteiger partial charge >= 0.3 is 0 Å². The highest BCUT2D eigenvalue weighted by Crippen LogP contribution is 2.31. The van der Waals surface area contributed by atoms with Crippen LogP contribution >= 0.6 is 11.6 Å². The van der Waals surface area contributed by atoms with Crippen LogP contribution in [0.3, 0.4) is 0 Å². The molecule has 0 spiro atoms. The maximum absolute atomic E-state index is 12.3. The Morgan fingerprint density at radius 2 is 1.42 bits per heavy atom. The lowest BCUT2D eigenvalue weighted by atomic mass is 10.0. The third-order valence-electron chi connectivity index (χ3n) is 3.96. The first kappa shape index (κ1) is 14.7. The molecule has 3 heteroatoms. The molecular formula is C21H13ClO2. The average molecular weight is 333 g/mol. The average Bonchev–Trinajstić information content (AvgIpc) is 2.93. The van der Waals surface area contributed by atoms with Gasteiger partial charge in [-0.15, -0.1) is 0 Å². The van der Waals surface area contributed by atoms with E-state index in [1.54, 1.807) is 18.2 Å². The second-order valence-electron chi connectivity index (χ2n) is 5.56. The molecule has 4 rings (SSSR count). The first-order valence-corrected chi connectivity index (χ1v) is 7.98. The summed E-state index contributed by atoms with van der Waals surface area (Å²) in [7, 11) is 0. The van der Waals surface area contributed by atoms with Gasteiger partial charge in [0.05, 0.1) is 5.56 Å². The summed E-state index contributed by atoms with van der Waals surface area (Å²) >= 11 is 5.92. The highest BCUT2D eigenvalue weighted by molar-refractivity contribution is 6.30. The van der Waals surface area contributed by atoms with Gasteiger partial charge in [0.15, 0.2) is 5.76 Å². The number of rotatable bonds is 2. The molecule has 1 heterocycles. The number of ether oxygens (including phenoxy) is 1. The number of carbonyl (C=O) groups is 1. The van der Waals surface area contributed by atoms with E-state index in [1.165, 1.54) is 0 Å². The predicted molar refractivity (Wildman–Crippen MR) is 96.3 cm³/mol. The Morgan fingerprint density at radius 1 is 0.792 bits per heavy atom. The van der Waals surface area contributed by atoms with E-state index in [0.29, 0.717) is 17.1 Å². The Morgan fingerprint density at radius 3 is 2.08 bits per heavy atom. The van der Waals surface area contributed by atoms with Crippen molar-refractivity contribution in [1.29, 1.82) is 0 Å². The van der Waals surface area contributed by atoms with Crippen LogP contribution in [0.2, 0.25) is 5.02 Å². The van der Waals surface area contributed by atoms with Crippen molar-refractivity contribution in [3.8, 4) is 16.9 Å². The molecule has 0 bridgehead atoms. The maximum Gasteiger partial charge on any atom is 0.231 e. The van der Waals surface area contributed by atoms with Gasteiger partial charge in [0.2, 0.25) is 5.78 Å². The predicted octanol–water partition coefficient (Wildman–Crippen LogP) is 5.62. The molecule has 0 atom stereocenters. The third-order valence-corrected chi connectivity index (χ3v) is 4.21. The van der Waals surface area contributed by atoms with E-state index in [4.69, 9.17) is 16.3 Å². The van der Waals surface area contributed by atoms with Crippen molar-refractivity contribution in [2.24, 2.45) is 0 Å². The molecule has 24 heavy (non-hydrogen) atoms. The molecule has 0 saturated carbocycles. The summed E-state index contributed by atoms with van der Waals surface area (Å²) < 4.78 is 5.65. The fourth-order valence-electron chi connectivity index (χ4n) is 2.70. The molecule has 0 saturated heterocycles. The minimum absolute atomic E-state index is 0.0765. The minimum Gasteiger partial charge on any atom is -0.452 e. The fourth-order valence-corrected chi connectivity index (χ4v) is 2.83. The number of hydrogen-bond donors (Lipinski definition) is 0. The third kappa shape index (κ3) is 2.72. The summed E-state index contributed by atoms with van der Waals surface area (Å²) in [5.74, 6) is 0.898. The van der Waals surface area contributed by atoms with Crippen LogP contribution in [-0.2, 0) is 0 Å². The number of hydrogen-bond acceptors (Lipinski definition) is 2. The number of ketones is 1. The van der Waals surface area contributed by atoms with Crippen LogP contribution in [0.15, 0.2) is 78.6 Å². The number of benzene rings is 3. The molecule has 0 fully saturated rings. The van der Waals surface area contributed by atoms with Crippen molar-refractivity contribution in [2.75, 3.05) is 0 Å². The Balaban J connectivity index is 1.60. The molecule has 0 radical (unpaired) electrons. The lowest BCUT2D eigenvalue weighted by Crippen LogP contribution is -1.97. The van der Waals surface area contributed by atoms with Gasteiger partial charge < -0.3 is 4.74 Å². The Kier molecular flexibility index (Phi) is 3.68. The summed E-state index contributed by atoms with van der Waals surface area (Å²) in [6.45, 7) is 0. The van der Waals surface area contributed by atoms with Crippen molar-refractivity contribution in [1.82, 2.24) is 0 Å². The quantitative estimate of drug-likeness (QED) is 0.569. The maximum atomic E-state index is 12.3. The van der Waals surface area contributed by atoms with Crippen LogP contribution in [0.1, 0.15) is 15.9 Å². The molecule has 0 N–H and O–H groups in total. The number of fused-ring (bicyclic) bond motifs is 1. The van der Waals surface area contributed by atoms with Gasteiger partial charge in [-0.2, -0.15) is 0 Å². The van der Waals surface area contributed by atoms with Crippen molar-refractivity contribution in [3.05, 3.63) is 94.7 Å². The van der Waals surface area contributed by atoms with Crippen molar-refractivity contribution >= 4 is 23.5 Å². The molecule has 0 aliphatic carbocycles. The topological polar surface area (TPSA) is 26.3 Å². The number of para-hydroxylation sites is 1. The molecule has 0 amide bonds. The molecule has 0 aromatic heterocycles. The summed E-state index contributed by atoms with van der Waals surface area (Å²) in [4.78, 5) is 12.3. The number of Topliss-reactive ketones (excluding diaryl/α,β-unsaturated/α-hetero) is 1. The molecule has 0 unspecified atom stereocenters. The van der Waals surface area contributed by atoms with E-state index >= 15 is 0 Å². The van der Waals surface area contributed by atoms with Crippen molar-refractivity contribution < 1.29 is 9.53 Å². The van der Waals surface area contributed by atoms with Crippen LogP contribution < -0.4 is 4.74 Å². The lowest BCUT2D eigenvalue weighted by molar-refractivity contribution is 0.101. The first-order valence-electron chi connectivity index (χ1n) is 7.60. The van der Waals surface area contributed by atoms with Gasteiger partial charge in [-0.25, -0.2) is 0 Å². The zero-order chi connectivity index (χ0) is 16.5. The van der Waals surface area contributed by atoms with E-state index in [-0.39, 0.29) is 5.78 Å². The van der Waals surface area contributed by atoms with E-state index in [9.17, 15) is 4.79 Å². The van der Waals surface area contributed by atoms with Crippen LogP contribution in [0.4, 0.5) is 0 Å². The molecule has 3 aromatic rings. The molecule has 116 valence electrons. The van der Waals surface area contributed by atoms with Crippen LogP contribution in [0, 0.1) is 0 Å². The van der Waals surface area contributed by atoms with Crippen LogP contribution in [0.25, 0.3) is 17.2 Å². The van der Waals surface area contributed by atoms with E-state index in [1.807, 2.05) is 60.7 Å². The van der Waals surface area contributed by atoms with Crippen molar-refractivity contribution in [3.63, 3.8) is 0 Å². The monoisotopic (exact) mass is 332 g/mol. The highest BCUT2D eigenvalue weighted by Gasteiger charge is 2.26. The fraction of sp³-hybridized carbons (Fsp3) is 0. The first-order chi connectivity index (χ1) is 11.7. The largest absolute Gasteiger partial charge is 0.452 e. The zero-order valence-corrected chi connectivity index (χ0v) is 13.5. The number of allylic oxidation sites excluding steroid dienone is 1. The van der Waals surface area contributed by atoms with E-state index < -0.39 is 0 Å². The van der Waals surface area contributed by atoms with Crippen LogP contribution in [0.5, 0.6) is 5.75 Å². The highest BCUT2D eigenvalue weighted by atomic mass is 35.5. The molecular weight excluding hydrogens is 320 g/mol.